The number of hydrogen-bond donors (Lipinski definition) is 3. The summed E-state index contributed by atoms with van der Waals surface area (Å²) in [6.07, 6.45) is 3.90. The molecule has 1 saturated heterocycles. The van der Waals surface area contributed by atoms with Gasteiger partial charge in [-0.25, -0.2) is 0 Å². The summed E-state index contributed by atoms with van der Waals surface area (Å²) in [5.41, 5.74) is 10.6. The summed E-state index contributed by atoms with van der Waals surface area (Å²) in [6, 6.07) is 19.1. The molecular formula is C30H38N6O2. The highest BCUT2D eigenvalue weighted by Crippen LogP contribution is 2.19. The second-order valence-electron chi connectivity index (χ2n) is 9.61. The number of anilines is 3. The summed E-state index contributed by atoms with van der Waals surface area (Å²) in [6.45, 7) is 12.6. The number of amides is 1. The number of nitrogens with one attached hydrogen (secondary N) is 2. The summed E-state index contributed by atoms with van der Waals surface area (Å²) in [4.78, 5) is 21.8. The Kier molecular flexibility index (Phi) is 9.72. The lowest BCUT2D eigenvalue weighted by Crippen LogP contribution is -2.37. The fourth-order valence-electron chi connectivity index (χ4n) is 4.32. The maximum absolute atomic E-state index is 12.7. The van der Waals surface area contributed by atoms with Crippen molar-refractivity contribution in [3.8, 4) is 0 Å². The molecule has 0 aliphatic carbocycles. The van der Waals surface area contributed by atoms with Gasteiger partial charge in [-0.2, -0.15) is 0 Å². The van der Waals surface area contributed by atoms with E-state index in [9.17, 15) is 4.79 Å². The summed E-state index contributed by atoms with van der Waals surface area (Å²) in [5, 5.41) is 6.27. The van der Waals surface area contributed by atoms with E-state index in [1.54, 1.807) is 24.4 Å². The smallest absolute Gasteiger partial charge is 0.274 e. The number of hydrogen-bond acceptors (Lipinski definition) is 7. The molecule has 1 amide bonds. The molecule has 38 heavy (non-hydrogen) atoms. The van der Waals surface area contributed by atoms with Gasteiger partial charge in [-0.1, -0.05) is 42.5 Å². The van der Waals surface area contributed by atoms with Crippen LogP contribution in [-0.2, 0) is 11.3 Å². The molecule has 0 radical (unpaired) electrons. The monoisotopic (exact) mass is 514 g/mol. The average Bonchev–Trinajstić information content (AvgIpc) is 2.94. The molecule has 0 unspecified atom stereocenters. The highest BCUT2D eigenvalue weighted by molar-refractivity contribution is 6.04. The van der Waals surface area contributed by atoms with E-state index in [2.05, 4.69) is 63.2 Å². The van der Waals surface area contributed by atoms with E-state index in [1.807, 2.05) is 18.2 Å². The average molecular weight is 515 g/mol. The molecule has 0 atom stereocenters. The van der Waals surface area contributed by atoms with Crippen molar-refractivity contribution in [2.45, 2.75) is 26.3 Å². The van der Waals surface area contributed by atoms with E-state index in [-0.39, 0.29) is 5.91 Å². The lowest BCUT2D eigenvalue weighted by Gasteiger charge is -2.29. The molecule has 8 nitrogen and oxygen atoms in total. The van der Waals surface area contributed by atoms with Crippen LogP contribution in [0.25, 0.3) is 0 Å². The molecule has 2 heterocycles. The van der Waals surface area contributed by atoms with Crippen LogP contribution < -0.4 is 16.4 Å². The molecule has 0 spiro atoms. The van der Waals surface area contributed by atoms with Crippen LogP contribution in [0.4, 0.5) is 17.1 Å². The van der Waals surface area contributed by atoms with Gasteiger partial charge in [0.15, 0.2) is 0 Å². The van der Waals surface area contributed by atoms with Gasteiger partial charge < -0.3 is 26.0 Å². The van der Waals surface area contributed by atoms with Crippen LogP contribution >= 0.6 is 0 Å². The predicted molar refractivity (Wildman–Crippen MR) is 154 cm³/mol. The molecular weight excluding hydrogens is 476 g/mol. The van der Waals surface area contributed by atoms with Gasteiger partial charge in [-0.3, -0.25) is 14.7 Å². The first-order valence-electron chi connectivity index (χ1n) is 13.2. The number of para-hydroxylation sites is 2. The van der Waals surface area contributed by atoms with Crippen LogP contribution in [0.2, 0.25) is 0 Å². The first-order valence-corrected chi connectivity index (χ1v) is 13.2. The second-order valence-corrected chi connectivity index (χ2v) is 9.61. The molecule has 200 valence electrons. The van der Waals surface area contributed by atoms with Gasteiger partial charge in [0.25, 0.3) is 5.91 Å². The van der Waals surface area contributed by atoms with Gasteiger partial charge in [0.2, 0.25) is 0 Å². The topological polar surface area (TPSA) is 95.8 Å². The summed E-state index contributed by atoms with van der Waals surface area (Å²) >= 11 is 0. The van der Waals surface area contributed by atoms with Gasteiger partial charge in [-0.15, -0.1) is 0 Å². The lowest BCUT2D eigenvalue weighted by molar-refractivity contribution is 0.0369. The van der Waals surface area contributed by atoms with Crippen molar-refractivity contribution in [1.82, 2.24) is 14.8 Å². The van der Waals surface area contributed by atoms with E-state index in [0.717, 1.165) is 69.3 Å². The quantitative estimate of drug-likeness (QED) is 0.238. The Morgan fingerprint density at radius 3 is 2.53 bits per heavy atom. The lowest BCUT2D eigenvalue weighted by atomic mass is 10.2. The molecule has 2 aromatic carbocycles. The van der Waals surface area contributed by atoms with E-state index in [0.29, 0.717) is 23.6 Å². The zero-order chi connectivity index (χ0) is 26.7. The van der Waals surface area contributed by atoms with E-state index < -0.39 is 0 Å². The van der Waals surface area contributed by atoms with Gasteiger partial charge in [-0.05, 0) is 62.2 Å². The molecule has 4 N–H and O–H groups in total. The molecule has 0 bridgehead atoms. The molecule has 1 fully saturated rings. The number of nitrogen functional groups attached to an aromatic ring is 1. The minimum absolute atomic E-state index is 0.292. The minimum atomic E-state index is -0.292. The number of morpholine rings is 1. The zero-order valence-corrected chi connectivity index (χ0v) is 22.2. The summed E-state index contributed by atoms with van der Waals surface area (Å²) in [5.74, 6) is 0.543. The number of aromatic nitrogens is 1. The Labute approximate surface area is 225 Å². The van der Waals surface area contributed by atoms with Crippen molar-refractivity contribution in [3.63, 3.8) is 0 Å². The number of benzene rings is 2. The van der Waals surface area contributed by atoms with Crippen LogP contribution in [0.5, 0.6) is 0 Å². The summed E-state index contributed by atoms with van der Waals surface area (Å²) in [7, 11) is 0. The molecule has 1 aromatic heterocycles. The van der Waals surface area contributed by atoms with Crippen LogP contribution in [0, 0.1) is 6.92 Å². The molecule has 1 aliphatic rings. The fraction of sp³-hybridized carbons (Fsp3) is 0.333. The van der Waals surface area contributed by atoms with Crippen LogP contribution in [0.15, 0.2) is 79.3 Å². The minimum Gasteiger partial charge on any atom is -0.397 e. The van der Waals surface area contributed by atoms with E-state index in [1.165, 1.54) is 5.56 Å². The van der Waals surface area contributed by atoms with Crippen LogP contribution in [0.1, 0.15) is 34.5 Å². The third-order valence-electron chi connectivity index (χ3n) is 6.62. The van der Waals surface area contributed by atoms with E-state index in [4.69, 9.17) is 10.5 Å². The summed E-state index contributed by atoms with van der Waals surface area (Å²) < 4.78 is 5.46. The first-order chi connectivity index (χ1) is 18.5. The number of nitrogens with two attached hydrogens (primary N) is 1. The molecule has 0 saturated carbocycles. The first kappa shape index (κ1) is 27.2. The third kappa shape index (κ3) is 8.06. The third-order valence-corrected chi connectivity index (χ3v) is 6.62. The Bertz CT molecular complexity index is 1190. The number of rotatable bonds is 12. The predicted octanol–water partition coefficient (Wildman–Crippen LogP) is 4.72. The number of pyridine rings is 1. The maximum Gasteiger partial charge on any atom is 0.274 e. The van der Waals surface area contributed by atoms with Crippen molar-refractivity contribution >= 4 is 23.0 Å². The Balaban J connectivity index is 1.37. The van der Waals surface area contributed by atoms with Crippen LogP contribution in [-0.4, -0.2) is 60.1 Å². The molecule has 3 aromatic rings. The fourth-order valence-corrected chi connectivity index (χ4v) is 4.32. The van der Waals surface area contributed by atoms with Gasteiger partial charge >= 0.3 is 0 Å². The number of ether oxygens (including phenoxy) is 1. The van der Waals surface area contributed by atoms with Gasteiger partial charge in [0, 0.05) is 38.1 Å². The SMILES string of the molecule is C=C(Nc1ccc(C)cc1)N(CCCCN1CCOCC1)Cc1ccc(C(=O)Nc2ccccc2N)nc1. The van der Waals surface area contributed by atoms with Crippen molar-refractivity contribution in [2.24, 2.45) is 0 Å². The highest BCUT2D eigenvalue weighted by Gasteiger charge is 2.14. The van der Waals surface area contributed by atoms with Crippen molar-refractivity contribution in [1.29, 1.82) is 0 Å². The second kappa shape index (κ2) is 13.6. The number of unbranched alkanes of at least 4 members (excludes halogenated alkanes) is 1. The normalized spacial score (nSPS) is 13.6. The zero-order valence-electron chi connectivity index (χ0n) is 22.2. The molecule has 1 aliphatic heterocycles. The molecule has 4 rings (SSSR count). The Hall–Kier alpha value is -3.88. The largest absolute Gasteiger partial charge is 0.397 e. The number of aryl methyl sites for hydroxylation is 1. The number of nitrogens with zero attached hydrogens (tertiary/aromatic N) is 3. The van der Waals surface area contributed by atoms with Crippen molar-refractivity contribution < 1.29 is 9.53 Å². The van der Waals surface area contributed by atoms with Gasteiger partial charge in [0.1, 0.15) is 5.69 Å². The van der Waals surface area contributed by atoms with Crippen molar-refractivity contribution in [3.05, 3.63) is 96.1 Å². The highest BCUT2D eigenvalue weighted by atomic mass is 16.5. The van der Waals surface area contributed by atoms with E-state index >= 15 is 0 Å². The Morgan fingerprint density at radius 1 is 1.05 bits per heavy atom. The number of carbonyl (C=O) groups is 1. The van der Waals surface area contributed by atoms with Crippen molar-refractivity contribution in [2.75, 3.05) is 55.8 Å². The van der Waals surface area contributed by atoms with Crippen LogP contribution in [0.3, 0.4) is 0 Å². The molecule has 8 heteroatoms. The maximum atomic E-state index is 12.7. The Morgan fingerprint density at radius 2 is 1.82 bits per heavy atom. The number of carbonyl (C=O) groups excluding carboxylic acids is 1. The standard InChI is InChI=1S/C30H38N6O2/c1-23-9-12-26(13-10-23)33-24(2)36(16-6-5-15-35-17-19-38-20-18-35)22-25-11-14-29(32-21-25)30(37)34-28-8-4-3-7-27(28)31/h3-4,7-14,21,33H,2,5-6,15-20,22,31H2,1H3,(H,34,37). The van der Waals surface area contributed by atoms with Gasteiger partial charge in [0.05, 0.1) is 30.4 Å².